The van der Waals surface area contributed by atoms with Gasteiger partial charge in [-0.15, -0.1) is 0 Å². The van der Waals surface area contributed by atoms with Crippen molar-refractivity contribution in [3.05, 3.63) is 35.4 Å². The molecule has 0 aliphatic carbocycles. The molecule has 1 nitrogen and oxygen atoms in total. The van der Waals surface area contributed by atoms with Crippen molar-refractivity contribution in [3.63, 3.8) is 0 Å². The highest BCUT2D eigenvalue weighted by atomic mass is 15.1. The molecule has 1 saturated heterocycles. The summed E-state index contributed by atoms with van der Waals surface area (Å²) in [5, 5.41) is 0. The molecule has 0 atom stereocenters. The summed E-state index contributed by atoms with van der Waals surface area (Å²) in [4.78, 5) is 2.61. The molecule has 100 valence electrons. The molecule has 1 aromatic carbocycles. The van der Waals surface area contributed by atoms with Crippen LogP contribution in [0.4, 0.5) is 0 Å². The largest absolute Gasteiger partial charge is 0.299 e. The highest BCUT2D eigenvalue weighted by molar-refractivity contribution is 5.22. The van der Waals surface area contributed by atoms with E-state index < -0.39 is 0 Å². The summed E-state index contributed by atoms with van der Waals surface area (Å²) in [7, 11) is 0. The number of piperidine rings is 1. The Labute approximate surface area is 112 Å². The number of aryl methyl sites for hydroxylation is 1. The molecular weight excluding hydrogens is 218 g/mol. The fraction of sp³-hybridized carbons (Fsp3) is 0.647. The molecule has 0 spiro atoms. The minimum atomic E-state index is 0.857. The van der Waals surface area contributed by atoms with Gasteiger partial charge in [-0.25, -0.2) is 0 Å². The van der Waals surface area contributed by atoms with E-state index in [0.717, 1.165) is 24.8 Å². The van der Waals surface area contributed by atoms with Crippen LogP contribution in [0.2, 0.25) is 0 Å². The summed E-state index contributed by atoms with van der Waals surface area (Å²) in [6.07, 6.45) is 3.90. The van der Waals surface area contributed by atoms with Crippen LogP contribution in [0.15, 0.2) is 24.3 Å². The third-order valence-corrected chi connectivity index (χ3v) is 4.41. The molecule has 1 aliphatic heterocycles. The first-order valence-corrected chi connectivity index (χ1v) is 7.49. The van der Waals surface area contributed by atoms with E-state index in [2.05, 4.69) is 49.9 Å². The lowest BCUT2D eigenvalue weighted by molar-refractivity contribution is 0.152. The standard InChI is InChI=1S/C17H27N/c1-4-15-5-7-16(8-6-15)13-18-11-9-17(10-12-18)14(2)3/h5-8,14,17H,4,9-13H2,1-3H3. The molecule has 0 amide bonds. The van der Waals surface area contributed by atoms with Crippen molar-refractivity contribution >= 4 is 0 Å². The summed E-state index contributed by atoms with van der Waals surface area (Å²) >= 11 is 0. The lowest BCUT2D eigenvalue weighted by Gasteiger charge is -2.33. The fourth-order valence-electron chi connectivity index (χ4n) is 2.92. The molecule has 18 heavy (non-hydrogen) atoms. The summed E-state index contributed by atoms with van der Waals surface area (Å²) in [6, 6.07) is 9.15. The topological polar surface area (TPSA) is 3.24 Å². The van der Waals surface area contributed by atoms with Crippen LogP contribution < -0.4 is 0 Å². The quantitative estimate of drug-likeness (QED) is 0.771. The Kier molecular flexibility index (Phi) is 4.82. The fourth-order valence-corrected chi connectivity index (χ4v) is 2.92. The number of likely N-dealkylation sites (tertiary alicyclic amines) is 1. The lowest BCUT2D eigenvalue weighted by Crippen LogP contribution is -2.34. The van der Waals surface area contributed by atoms with E-state index in [0.29, 0.717) is 0 Å². The number of hydrogen-bond donors (Lipinski definition) is 0. The van der Waals surface area contributed by atoms with E-state index in [1.807, 2.05) is 0 Å². The molecule has 1 fully saturated rings. The van der Waals surface area contributed by atoms with Crippen molar-refractivity contribution in [2.75, 3.05) is 13.1 Å². The van der Waals surface area contributed by atoms with Gasteiger partial charge in [-0.3, -0.25) is 4.90 Å². The minimum absolute atomic E-state index is 0.857. The first-order valence-electron chi connectivity index (χ1n) is 7.49. The van der Waals surface area contributed by atoms with Gasteiger partial charge in [0.2, 0.25) is 0 Å². The zero-order valence-electron chi connectivity index (χ0n) is 12.2. The van der Waals surface area contributed by atoms with E-state index in [1.165, 1.54) is 37.1 Å². The molecule has 0 saturated carbocycles. The number of hydrogen-bond acceptors (Lipinski definition) is 1. The van der Waals surface area contributed by atoms with Crippen molar-refractivity contribution in [1.82, 2.24) is 4.90 Å². The summed E-state index contributed by atoms with van der Waals surface area (Å²) in [5.74, 6) is 1.81. The molecule has 1 heteroatoms. The first-order chi connectivity index (χ1) is 8.69. The lowest BCUT2D eigenvalue weighted by atomic mass is 9.86. The van der Waals surface area contributed by atoms with Crippen LogP contribution in [-0.2, 0) is 13.0 Å². The molecule has 1 aliphatic rings. The molecule has 0 bridgehead atoms. The first kappa shape index (κ1) is 13.6. The van der Waals surface area contributed by atoms with E-state index in [9.17, 15) is 0 Å². The maximum absolute atomic E-state index is 2.61. The Hall–Kier alpha value is -0.820. The Bertz CT molecular complexity index is 344. The smallest absolute Gasteiger partial charge is 0.0233 e. The Morgan fingerprint density at radius 3 is 2.11 bits per heavy atom. The molecular formula is C17H27N. The van der Waals surface area contributed by atoms with Crippen LogP contribution in [0.5, 0.6) is 0 Å². The van der Waals surface area contributed by atoms with Crippen LogP contribution in [0, 0.1) is 11.8 Å². The molecule has 0 N–H and O–H groups in total. The Morgan fingerprint density at radius 2 is 1.61 bits per heavy atom. The van der Waals surface area contributed by atoms with E-state index in [-0.39, 0.29) is 0 Å². The van der Waals surface area contributed by atoms with E-state index in [4.69, 9.17) is 0 Å². The third-order valence-electron chi connectivity index (χ3n) is 4.41. The highest BCUT2D eigenvalue weighted by Gasteiger charge is 2.21. The second-order valence-electron chi connectivity index (χ2n) is 6.03. The molecule has 0 aromatic heterocycles. The van der Waals surface area contributed by atoms with Gasteiger partial charge in [0.15, 0.2) is 0 Å². The number of benzene rings is 1. The van der Waals surface area contributed by atoms with Crippen LogP contribution in [0.25, 0.3) is 0 Å². The summed E-state index contributed by atoms with van der Waals surface area (Å²) < 4.78 is 0. The molecule has 0 radical (unpaired) electrons. The second kappa shape index (κ2) is 6.38. The van der Waals surface area contributed by atoms with Crippen molar-refractivity contribution in [2.45, 2.75) is 46.6 Å². The second-order valence-corrected chi connectivity index (χ2v) is 6.03. The normalized spacial score (nSPS) is 18.4. The van der Waals surface area contributed by atoms with Gasteiger partial charge in [0.05, 0.1) is 0 Å². The number of nitrogens with zero attached hydrogens (tertiary/aromatic N) is 1. The van der Waals surface area contributed by atoms with Crippen LogP contribution in [-0.4, -0.2) is 18.0 Å². The van der Waals surface area contributed by atoms with Gasteiger partial charge in [0.1, 0.15) is 0 Å². The highest BCUT2D eigenvalue weighted by Crippen LogP contribution is 2.25. The van der Waals surface area contributed by atoms with Gasteiger partial charge < -0.3 is 0 Å². The third kappa shape index (κ3) is 3.58. The van der Waals surface area contributed by atoms with Gasteiger partial charge >= 0.3 is 0 Å². The average molecular weight is 245 g/mol. The van der Waals surface area contributed by atoms with Crippen LogP contribution in [0.1, 0.15) is 44.7 Å². The van der Waals surface area contributed by atoms with Gasteiger partial charge in [-0.1, -0.05) is 45.0 Å². The zero-order valence-corrected chi connectivity index (χ0v) is 12.2. The summed E-state index contributed by atoms with van der Waals surface area (Å²) in [5.41, 5.74) is 2.91. The predicted octanol–water partition coefficient (Wildman–Crippen LogP) is 4.12. The van der Waals surface area contributed by atoms with Crippen molar-refractivity contribution in [3.8, 4) is 0 Å². The predicted molar refractivity (Wildman–Crippen MR) is 78.7 cm³/mol. The molecule has 1 aromatic rings. The molecule has 2 rings (SSSR count). The van der Waals surface area contributed by atoms with Gasteiger partial charge in [0, 0.05) is 6.54 Å². The van der Waals surface area contributed by atoms with Gasteiger partial charge in [0.25, 0.3) is 0 Å². The van der Waals surface area contributed by atoms with Gasteiger partial charge in [-0.2, -0.15) is 0 Å². The Balaban J connectivity index is 1.83. The number of rotatable bonds is 4. The van der Waals surface area contributed by atoms with Crippen LogP contribution in [0.3, 0.4) is 0 Å². The average Bonchev–Trinajstić information content (AvgIpc) is 2.40. The maximum atomic E-state index is 2.61. The van der Waals surface area contributed by atoms with E-state index in [1.54, 1.807) is 0 Å². The van der Waals surface area contributed by atoms with Crippen molar-refractivity contribution in [2.24, 2.45) is 11.8 Å². The van der Waals surface area contributed by atoms with Crippen molar-refractivity contribution < 1.29 is 0 Å². The van der Waals surface area contributed by atoms with Crippen molar-refractivity contribution in [1.29, 1.82) is 0 Å². The monoisotopic (exact) mass is 245 g/mol. The zero-order chi connectivity index (χ0) is 13.0. The Morgan fingerprint density at radius 1 is 1.06 bits per heavy atom. The molecule has 0 unspecified atom stereocenters. The maximum Gasteiger partial charge on any atom is 0.0233 e. The van der Waals surface area contributed by atoms with Crippen LogP contribution >= 0.6 is 0 Å². The van der Waals surface area contributed by atoms with E-state index >= 15 is 0 Å². The minimum Gasteiger partial charge on any atom is -0.299 e. The molecule has 1 heterocycles. The SMILES string of the molecule is CCc1ccc(CN2CCC(C(C)C)CC2)cc1. The van der Waals surface area contributed by atoms with Gasteiger partial charge in [-0.05, 0) is 55.3 Å². The summed E-state index contributed by atoms with van der Waals surface area (Å²) in [6.45, 7) is 10.6.